The van der Waals surface area contributed by atoms with Gasteiger partial charge >= 0.3 is 0 Å². The van der Waals surface area contributed by atoms with E-state index >= 15 is 0 Å². The highest BCUT2D eigenvalue weighted by molar-refractivity contribution is 5.46. The summed E-state index contributed by atoms with van der Waals surface area (Å²) in [6.07, 6.45) is 5.06. The Bertz CT molecular complexity index is 691. The summed E-state index contributed by atoms with van der Waals surface area (Å²) in [6.45, 7) is 7.63. The molecule has 0 radical (unpaired) electrons. The van der Waals surface area contributed by atoms with Crippen LogP contribution in [0.1, 0.15) is 44.7 Å². The SMILES string of the molecule is C/C1=C/C=C(/C#Cc2c(F)cc(C)cc2F)CC#CC1.CC. The number of aryl methyl sites for hydroxylation is 1. The number of halogens is 2. The molecule has 114 valence electrons. The fourth-order valence-electron chi connectivity index (χ4n) is 1.77. The van der Waals surface area contributed by atoms with Gasteiger partial charge in [-0.2, -0.15) is 0 Å². The van der Waals surface area contributed by atoms with Crippen molar-refractivity contribution >= 4 is 0 Å². The minimum Gasteiger partial charge on any atom is -0.206 e. The topological polar surface area (TPSA) is 0 Å². The molecule has 0 fully saturated rings. The Kier molecular flexibility index (Phi) is 7.14. The van der Waals surface area contributed by atoms with Gasteiger partial charge in [-0.15, -0.1) is 0 Å². The second-order valence-corrected chi connectivity index (χ2v) is 4.77. The van der Waals surface area contributed by atoms with Crippen LogP contribution in [0.15, 0.2) is 35.4 Å². The van der Waals surface area contributed by atoms with Gasteiger partial charge in [0.2, 0.25) is 0 Å². The van der Waals surface area contributed by atoms with Gasteiger partial charge in [0.1, 0.15) is 11.6 Å². The van der Waals surface area contributed by atoms with E-state index in [1.807, 2.05) is 32.9 Å². The third kappa shape index (κ3) is 5.23. The normalized spacial score (nSPS) is 17.5. The highest BCUT2D eigenvalue weighted by atomic mass is 19.1. The van der Waals surface area contributed by atoms with Gasteiger partial charge in [-0.25, -0.2) is 8.78 Å². The van der Waals surface area contributed by atoms with Crippen molar-refractivity contribution in [1.82, 2.24) is 0 Å². The Labute approximate surface area is 131 Å². The van der Waals surface area contributed by atoms with E-state index in [9.17, 15) is 8.78 Å². The monoisotopic (exact) mass is 298 g/mol. The third-order valence-corrected chi connectivity index (χ3v) is 2.87. The van der Waals surface area contributed by atoms with Gasteiger partial charge in [0, 0.05) is 18.4 Å². The Morgan fingerprint density at radius 3 is 2.14 bits per heavy atom. The van der Waals surface area contributed by atoms with E-state index in [4.69, 9.17) is 0 Å². The van der Waals surface area contributed by atoms with E-state index < -0.39 is 11.6 Å². The van der Waals surface area contributed by atoms with Crippen LogP contribution in [0.5, 0.6) is 0 Å². The molecule has 0 heterocycles. The fourth-order valence-corrected chi connectivity index (χ4v) is 1.77. The van der Waals surface area contributed by atoms with E-state index in [-0.39, 0.29) is 5.56 Å². The molecule has 0 amide bonds. The molecule has 2 heteroatoms. The third-order valence-electron chi connectivity index (χ3n) is 2.87. The van der Waals surface area contributed by atoms with E-state index in [0.29, 0.717) is 12.0 Å². The summed E-state index contributed by atoms with van der Waals surface area (Å²) < 4.78 is 27.3. The van der Waals surface area contributed by atoms with Crippen LogP contribution in [-0.4, -0.2) is 0 Å². The number of rotatable bonds is 0. The Hall–Kier alpha value is -2.32. The van der Waals surface area contributed by atoms with Crippen molar-refractivity contribution < 1.29 is 8.78 Å². The van der Waals surface area contributed by atoms with Crippen molar-refractivity contribution in [1.29, 1.82) is 0 Å². The number of allylic oxidation sites excluding steroid dienone is 4. The predicted octanol–water partition coefficient (Wildman–Crippen LogP) is 5.32. The van der Waals surface area contributed by atoms with Gasteiger partial charge in [-0.3, -0.25) is 0 Å². The van der Waals surface area contributed by atoms with Crippen LogP contribution in [0.3, 0.4) is 0 Å². The van der Waals surface area contributed by atoms with Crippen LogP contribution < -0.4 is 0 Å². The summed E-state index contributed by atoms with van der Waals surface area (Å²) in [7, 11) is 0. The zero-order chi connectivity index (χ0) is 16.5. The molecule has 22 heavy (non-hydrogen) atoms. The molecule has 1 aromatic rings. The molecule has 0 nitrogen and oxygen atoms in total. The van der Waals surface area contributed by atoms with Gasteiger partial charge in [0.25, 0.3) is 0 Å². The van der Waals surface area contributed by atoms with Crippen LogP contribution >= 0.6 is 0 Å². The minimum atomic E-state index is -0.626. The molecular formula is C20H20F2. The average molecular weight is 298 g/mol. The van der Waals surface area contributed by atoms with Gasteiger partial charge in [0.05, 0.1) is 5.56 Å². The molecule has 0 saturated carbocycles. The number of hydrogen-bond acceptors (Lipinski definition) is 0. The molecule has 0 bridgehead atoms. The molecule has 0 atom stereocenters. The summed E-state index contributed by atoms with van der Waals surface area (Å²) in [6, 6.07) is 2.56. The molecule has 0 N–H and O–H groups in total. The average Bonchev–Trinajstić information content (AvgIpc) is 2.46. The largest absolute Gasteiger partial charge is 0.206 e. The van der Waals surface area contributed by atoms with E-state index in [1.54, 1.807) is 6.92 Å². The minimum absolute atomic E-state index is 0.188. The molecule has 1 aliphatic carbocycles. The zero-order valence-corrected chi connectivity index (χ0v) is 13.5. The van der Waals surface area contributed by atoms with Gasteiger partial charge < -0.3 is 0 Å². The first-order valence-electron chi connectivity index (χ1n) is 7.36. The number of hydrogen-bond donors (Lipinski definition) is 0. The first-order chi connectivity index (χ1) is 10.6. The molecule has 0 aliphatic heterocycles. The van der Waals surface area contributed by atoms with Crippen molar-refractivity contribution in [3.05, 3.63) is 58.2 Å². The summed E-state index contributed by atoms with van der Waals surface area (Å²) in [5.41, 5.74) is 2.26. The summed E-state index contributed by atoms with van der Waals surface area (Å²) >= 11 is 0. The lowest BCUT2D eigenvalue weighted by atomic mass is 10.1. The summed E-state index contributed by atoms with van der Waals surface area (Å²) in [5.74, 6) is 10.1. The van der Waals surface area contributed by atoms with Crippen LogP contribution in [0.2, 0.25) is 0 Å². The Morgan fingerprint density at radius 2 is 1.50 bits per heavy atom. The maximum absolute atomic E-state index is 13.7. The van der Waals surface area contributed by atoms with Crippen LogP contribution in [0.25, 0.3) is 0 Å². The van der Waals surface area contributed by atoms with Crippen LogP contribution in [0, 0.1) is 42.2 Å². The van der Waals surface area contributed by atoms with Crippen molar-refractivity contribution in [2.45, 2.75) is 40.5 Å². The van der Waals surface area contributed by atoms with Crippen molar-refractivity contribution in [2.24, 2.45) is 0 Å². The maximum Gasteiger partial charge on any atom is 0.142 e. The molecule has 1 aliphatic rings. The maximum atomic E-state index is 13.7. The zero-order valence-electron chi connectivity index (χ0n) is 13.5. The van der Waals surface area contributed by atoms with Crippen molar-refractivity contribution in [2.75, 3.05) is 0 Å². The van der Waals surface area contributed by atoms with Gasteiger partial charge in [-0.05, 0) is 37.6 Å². The van der Waals surface area contributed by atoms with Gasteiger partial charge in [-0.1, -0.05) is 49.2 Å². The predicted molar refractivity (Wildman–Crippen MR) is 88.2 cm³/mol. The first-order valence-corrected chi connectivity index (χ1v) is 7.36. The van der Waals surface area contributed by atoms with Gasteiger partial charge in [0.15, 0.2) is 0 Å². The molecule has 0 aromatic heterocycles. The summed E-state index contributed by atoms with van der Waals surface area (Å²) in [5, 5.41) is 0. The molecule has 0 spiro atoms. The quantitative estimate of drug-likeness (QED) is 0.569. The lowest BCUT2D eigenvalue weighted by Gasteiger charge is -2.00. The van der Waals surface area contributed by atoms with Crippen LogP contribution in [0.4, 0.5) is 8.78 Å². The van der Waals surface area contributed by atoms with Crippen molar-refractivity contribution in [3.63, 3.8) is 0 Å². The standard InChI is InChI=1S/C18H14F2.C2H6/c1-13-5-3-4-6-15(8-7-13)9-10-16-17(19)11-14(2)12-18(16)20;1-2/h7-8,11-12H,5-6H2,1-2H3;1-2H3/b13-7-,15-8+;. The smallest absolute Gasteiger partial charge is 0.142 e. The lowest BCUT2D eigenvalue weighted by molar-refractivity contribution is 0.575. The molecule has 0 unspecified atom stereocenters. The highest BCUT2D eigenvalue weighted by Gasteiger charge is 2.07. The molecule has 0 saturated heterocycles. The van der Waals surface area contributed by atoms with E-state index in [0.717, 1.165) is 17.6 Å². The van der Waals surface area contributed by atoms with E-state index in [1.165, 1.54) is 12.1 Å². The Balaban J connectivity index is 0.00000116. The molecule has 1 aromatic carbocycles. The van der Waals surface area contributed by atoms with E-state index in [2.05, 4.69) is 23.7 Å². The lowest BCUT2D eigenvalue weighted by Crippen LogP contribution is -1.92. The van der Waals surface area contributed by atoms with Crippen LogP contribution in [-0.2, 0) is 0 Å². The fraction of sp³-hybridized carbons (Fsp3) is 0.300. The summed E-state index contributed by atoms with van der Waals surface area (Å²) in [4.78, 5) is 0. The number of benzene rings is 1. The second-order valence-electron chi connectivity index (χ2n) is 4.77. The highest BCUT2D eigenvalue weighted by Crippen LogP contribution is 2.14. The first kappa shape index (κ1) is 17.7. The molecular weight excluding hydrogens is 278 g/mol. The molecule has 2 rings (SSSR count). The second kappa shape index (κ2) is 8.85. The van der Waals surface area contributed by atoms with Crippen molar-refractivity contribution in [3.8, 4) is 23.7 Å². The Morgan fingerprint density at radius 1 is 0.909 bits per heavy atom.